The number of halogens is 3. The third-order valence-electron chi connectivity index (χ3n) is 5.77. The Morgan fingerprint density at radius 2 is 1.83 bits per heavy atom. The summed E-state index contributed by atoms with van der Waals surface area (Å²) in [5, 5.41) is 14.5. The van der Waals surface area contributed by atoms with Crippen LogP contribution in [0.15, 0.2) is 36.8 Å². The van der Waals surface area contributed by atoms with E-state index in [0.717, 1.165) is 55.1 Å². The molecule has 3 aromatic heterocycles. The number of nitrogens with zero attached hydrogens (tertiary/aromatic N) is 5. The number of carboxylic acid groups (broad SMARTS) is 1. The lowest BCUT2D eigenvalue weighted by molar-refractivity contribution is -0.192. The summed E-state index contributed by atoms with van der Waals surface area (Å²) in [5.74, 6) is -1.99. The fraction of sp³-hybridized carbons (Fsp3) is 0.364. The maximum absolute atomic E-state index is 13.0. The minimum atomic E-state index is -5.08. The van der Waals surface area contributed by atoms with Gasteiger partial charge in [0.25, 0.3) is 0 Å². The van der Waals surface area contributed by atoms with E-state index in [9.17, 15) is 18.0 Å². The highest BCUT2D eigenvalue weighted by molar-refractivity contribution is 6.07. The van der Waals surface area contributed by atoms with Crippen LogP contribution in [0, 0.1) is 0 Å². The lowest BCUT2D eigenvalue weighted by atomic mass is 10.1. The van der Waals surface area contributed by atoms with Gasteiger partial charge < -0.3 is 25.2 Å². The zero-order chi connectivity index (χ0) is 25.2. The predicted molar refractivity (Wildman–Crippen MR) is 124 cm³/mol. The first-order valence-electron chi connectivity index (χ1n) is 10.9. The van der Waals surface area contributed by atoms with Gasteiger partial charge in [-0.25, -0.2) is 19.6 Å². The first-order valence-corrected chi connectivity index (χ1v) is 10.9. The average molecular weight is 491 g/mol. The number of nitrogens with one attached hydrogen (secondary N) is 2. The third-order valence-corrected chi connectivity index (χ3v) is 5.77. The Bertz CT molecular complexity index is 1240. The summed E-state index contributed by atoms with van der Waals surface area (Å²) in [4.78, 5) is 35.0. The second-order valence-corrected chi connectivity index (χ2v) is 8.03. The Kier molecular flexibility index (Phi) is 6.78. The molecule has 5 heterocycles. The van der Waals surface area contributed by atoms with Crippen LogP contribution in [0.2, 0.25) is 0 Å². The van der Waals surface area contributed by atoms with Crippen molar-refractivity contribution < 1.29 is 27.9 Å². The number of pyridine rings is 2. The van der Waals surface area contributed by atoms with E-state index in [1.807, 2.05) is 36.1 Å². The molecule has 2 amide bonds. The number of anilines is 3. The second-order valence-electron chi connectivity index (χ2n) is 8.03. The van der Waals surface area contributed by atoms with Gasteiger partial charge in [0.15, 0.2) is 0 Å². The number of carbonyl (C=O) groups excluding carboxylic acids is 1. The summed E-state index contributed by atoms with van der Waals surface area (Å²) in [5.41, 5.74) is 3.98. The molecule has 0 spiro atoms. The Hall–Kier alpha value is -3.87. The van der Waals surface area contributed by atoms with Crippen molar-refractivity contribution in [3.05, 3.63) is 42.4 Å². The topological polar surface area (TPSA) is 116 Å². The molecule has 2 aliphatic heterocycles. The molecular weight excluding hydrogens is 467 g/mol. The standard InChI is InChI=1S/C20H23N7O.C2HF3O2/c1-25-13-16(14-3-2-6-22-18(14)25)24-20(28)27-10-5-15-17(4-7-23-19(15)27)26-11-8-21-9-12-26;3-2(4,5)1(6)7/h2-4,6-7,13,21H,5,8-12H2,1H3,(H,24,28);(H,6,7). The van der Waals surface area contributed by atoms with Gasteiger partial charge in [-0.05, 0) is 24.6 Å². The molecular formula is C22H24F3N7O3. The Labute approximate surface area is 198 Å². The number of urea groups is 1. The maximum atomic E-state index is 13.0. The Morgan fingerprint density at radius 3 is 2.51 bits per heavy atom. The first-order chi connectivity index (χ1) is 16.7. The lowest BCUT2D eigenvalue weighted by Gasteiger charge is -2.30. The summed E-state index contributed by atoms with van der Waals surface area (Å²) in [6, 6.07) is 5.77. The van der Waals surface area contributed by atoms with Crippen LogP contribution in [-0.4, -0.2) is 70.5 Å². The zero-order valence-corrected chi connectivity index (χ0v) is 18.8. The van der Waals surface area contributed by atoms with Crippen LogP contribution in [0.3, 0.4) is 0 Å². The highest BCUT2D eigenvalue weighted by atomic mass is 19.4. The summed E-state index contributed by atoms with van der Waals surface area (Å²) < 4.78 is 33.7. The number of rotatable bonds is 2. The van der Waals surface area contributed by atoms with Crippen LogP contribution >= 0.6 is 0 Å². The highest BCUT2D eigenvalue weighted by Crippen LogP contribution is 2.34. The number of aryl methyl sites for hydroxylation is 1. The molecule has 0 bridgehead atoms. The van der Waals surface area contributed by atoms with Crippen molar-refractivity contribution in [2.75, 3.05) is 47.8 Å². The quantitative estimate of drug-likeness (QED) is 0.505. The van der Waals surface area contributed by atoms with Gasteiger partial charge in [0.05, 0.1) is 5.69 Å². The molecule has 5 rings (SSSR count). The zero-order valence-electron chi connectivity index (χ0n) is 18.8. The molecule has 0 saturated carbocycles. The van der Waals surface area contributed by atoms with Gasteiger partial charge in [-0.15, -0.1) is 0 Å². The molecule has 0 radical (unpaired) electrons. The number of alkyl halides is 3. The number of aliphatic carboxylic acids is 1. The number of fused-ring (bicyclic) bond motifs is 2. The van der Waals surface area contributed by atoms with Crippen molar-refractivity contribution in [3.8, 4) is 0 Å². The fourth-order valence-corrected chi connectivity index (χ4v) is 4.17. The molecule has 3 N–H and O–H groups in total. The molecule has 1 fully saturated rings. The minimum Gasteiger partial charge on any atom is -0.475 e. The van der Waals surface area contributed by atoms with Gasteiger partial charge in [-0.2, -0.15) is 13.2 Å². The second kappa shape index (κ2) is 9.78. The fourth-order valence-electron chi connectivity index (χ4n) is 4.17. The molecule has 0 aromatic carbocycles. The molecule has 186 valence electrons. The molecule has 1 saturated heterocycles. The number of piperazine rings is 1. The van der Waals surface area contributed by atoms with Crippen molar-refractivity contribution in [1.29, 1.82) is 0 Å². The number of amides is 2. The minimum absolute atomic E-state index is 0.153. The number of hydrogen-bond donors (Lipinski definition) is 3. The van der Waals surface area contributed by atoms with Crippen molar-refractivity contribution in [2.45, 2.75) is 12.6 Å². The van der Waals surface area contributed by atoms with Crippen molar-refractivity contribution in [1.82, 2.24) is 19.9 Å². The van der Waals surface area contributed by atoms with E-state index in [2.05, 4.69) is 31.6 Å². The predicted octanol–water partition coefficient (Wildman–Crippen LogP) is 2.61. The van der Waals surface area contributed by atoms with Crippen LogP contribution in [0.5, 0.6) is 0 Å². The summed E-state index contributed by atoms with van der Waals surface area (Å²) in [6.45, 7) is 4.56. The van der Waals surface area contributed by atoms with E-state index < -0.39 is 12.1 Å². The number of aromatic nitrogens is 3. The summed E-state index contributed by atoms with van der Waals surface area (Å²) in [7, 11) is 1.93. The molecule has 3 aromatic rings. The highest BCUT2D eigenvalue weighted by Gasteiger charge is 2.38. The van der Waals surface area contributed by atoms with E-state index in [-0.39, 0.29) is 6.03 Å². The molecule has 2 aliphatic rings. The van der Waals surface area contributed by atoms with Crippen LogP contribution in [0.4, 0.5) is 35.2 Å². The van der Waals surface area contributed by atoms with Gasteiger partial charge >= 0.3 is 18.2 Å². The normalized spacial score (nSPS) is 15.4. The smallest absolute Gasteiger partial charge is 0.475 e. The summed E-state index contributed by atoms with van der Waals surface area (Å²) in [6.07, 6.45) is 1.21. The molecule has 0 atom stereocenters. The Morgan fingerprint density at radius 1 is 1.11 bits per heavy atom. The van der Waals surface area contributed by atoms with Gasteiger partial charge in [0.1, 0.15) is 11.5 Å². The monoisotopic (exact) mass is 491 g/mol. The van der Waals surface area contributed by atoms with E-state index in [1.165, 1.54) is 11.3 Å². The molecule has 10 nitrogen and oxygen atoms in total. The van der Waals surface area contributed by atoms with Crippen molar-refractivity contribution >= 4 is 40.2 Å². The van der Waals surface area contributed by atoms with Gasteiger partial charge in [-0.1, -0.05) is 0 Å². The van der Waals surface area contributed by atoms with Crippen LogP contribution in [0.25, 0.3) is 11.0 Å². The van der Waals surface area contributed by atoms with Crippen molar-refractivity contribution in [2.24, 2.45) is 7.05 Å². The van der Waals surface area contributed by atoms with Gasteiger partial charge in [-0.3, -0.25) is 4.90 Å². The van der Waals surface area contributed by atoms with Crippen LogP contribution in [-0.2, 0) is 18.3 Å². The number of carboxylic acids is 1. The number of carbonyl (C=O) groups is 2. The average Bonchev–Trinajstić information content (AvgIpc) is 3.41. The molecule has 0 aliphatic carbocycles. The summed E-state index contributed by atoms with van der Waals surface area (Å²) >= 11 is 0. The van der Waals surface area contributed by atoms with Crippen LogP contribution < -0.4 is 20.4 Å². The molecule has 13 heteroatoms. The largest absolute Gasteiger partial charge is 0.490 e. The van der Waals surface area contributed by atoms with Crippen molar-refractivity contribution in [3.63, 3.8) is 0 Å². The number of hydrogen-bond acceptors (Lipinski definition) is 6. The van der Waals surface area contributed by atoms with Crippen LogP contribution in [0.1, 0.15) is 5.56 Å². The third kappa shape index (κ3) is 5.14. The van der Waals surface area contributed by atoms with E-state index in [0.29, 0.717) is 6.54 Å². The SMILES string of the molecule is Cn1cc(NC(=O)N2CCc3c(N4CCNCC4)ccnc32)c2cccnc21.O=C(O)C(F)(F)F. The van der Waals surface area contributed by atoms with E-state index >= 15 is 0 Å². The Balaban J connectivity index is 0.000000364. The lowest BCUT2D eigenvalue weighted by Crippen LogP contribution is -2.43. The van der Waals surface area contributed by atoms with Gasteiger partial charge in [0, 0.05) is 75.0 Å². The molecule has 0 unspecified atom stereocenters. The first kappa shape index (κ1) is 24.3. The van der Waals surface area contributed by atoms with Gasteiger partial charge in [0.2, 0.25) is 0 Å². The molecule has 35 heavy (non-hydrogen) atoms. The van der Waals surface area contributed by atoms with E-state index in [4.69, 9.17) is 9.90 Å². The maximum Gasteiger partial charge on any atom is 0.490 e. The van der Waals surface area contributed by atoms with E-state index in [1.54, 1.807) is 11.1 Å².